The summed E-state index contributed by atoms with van der Waals surface area (Å²) in [6, 6.07) is 15.9. The summed E-state index contributed by atoms with van der Waals surface area (Å²) in [5, 5.41) is 3.02. The van der Waals surface area contributed by atoms with Crippen molar-refractivity contribution >= 4 is 29.3 Å². The Hall–Kier alpha value is -2.27. The van der Waals surface area contributed by atoms with Crippen LogP contribution in [0.15, 0.2) is 58.3 Å². The van der Waals surface area contributed by atoms with Crippen molar-refractivity contribution < 1.29 is 9.59 Å². The summed E-state index contributed by atoms with van der Waals surface area (Å²) in [6.45, 7) is 6.42. The highest BCUT2D eigenvalue weighted by molar-refractivity contribution is 7.99. The Kier molecular flexibility index (Phi) is 6.22. The molecular formula is C22H26N2O2S. The van der Waals surface area contributed by atoms with Gasteiger partial charge in [-0.15, -0.1) is 0 Å². The first kappa shape index (κ1) is 19.5. The first-order chi connectivity index (χ1) is 13.0. The average Bonchev–Trinajstić information content (AvgIpc) is 3.14. The summed E-state index contributed by atoms with van der Waals surface area (Å²) < 4.78 is 0. The summed E-state index contributed by atoms with van der Waals surface area (Å²) in [7, 11) is 0. The lowest BCUT2D eigenvalue weighted by Gasteiger charge is -2.26. The van der Waals surface area contributed by atoms with Crippen LogP contribution in [0, 0.1) is 12.8 Å². The monoisotopic (exact) mass is 382 g/mol. The van der Waals surface area contributed by atoms with E-state index in [4.69, 9.17) is 0 Å². The number of rotatable bonds is 5. The Labute approximate surface area is 165 Å². The van der Waals surface area contributed by atoms with Gasteiger partial charge in [0.2, 0.25) is 11.8 Å². The number of hydrogen-bond donors (Lipinski definition) is 1. The smallest absolute Gasteiger partial charge is 0.247 e. The van der Waals surface area contributed by atoms with Gasteiger partial charge in [-0.2, -0.15) is 0 Å². The quantitative estimate of drug-likeness (QED) is 0.813. The van der Waals surface area contributed by atoms with E-state index in [-0.39, 0.29) is 23.8 Å². The molecule has 1 heterocycles. The topological polar surface area (TPSA) is 49.4 Å². The molecule has 0 bridgehead atoms. The molecule has 2 aromatic carbocycles. The van der Waals surface area contributed by atoms with Crippen molar-refractivity contribution in [2.75, 3.05) is 11.9 Å². The Morgan fingerprint density at radius 3 is 2.52 bits per heavy atom. The van der Waals surface area contributed by atoms with E-state index >= 15 is 0 Å². The first-order valence-corrected chi connectivity index (χ1v) is 10.2. The van der Waals surface area contributed by atoms with Crippen molar-refractivity contribution in [3.05, 3.63) is 54.1 Å². The van der Waals surface area contributed by atoms with Gasteiger partial charge < -0.3 is 10.2 Å². The number of nitrogens with one attached hydrogen (secondary N) is 1. The van der Waals surface area contributed by atoms with Crippen LogP contribution >= 0.6 is 11.8 Å². The number of likely N-dealkylation sites (tertiary alicyclic amines) is 1. The molecule has 1 saturated heterocycles. The molecule has 5 heteroatoms. The molecule has 0 aliphatic carbocycles. The van der Waals surface area contributed by atoms with Gasteiger partial charge in [-0.05, 0) is 55.7 Å². The second kappa shape index (κ2) is 8.61. The van der Waals surface area contributed by atoms with E-state index in [0.717, 1.165) is 29.0 Å². The standard InChI is InChI=1S/C22H26N2O2S/c1-15(2)22(26)24-13-7-10-20(24)21(25)23-19-12-11-18(14-16(19)3)27-17-8-5-4-6-9-17/h4-6,8-9,11-12,14-15,20H,7,10,13H2,1-3H3,(H,23,25). The average molecular weight is 383 g/mol. The normalized spacial score (nSPS) is 16.6. The summed E-state index contributed by atoms with van der Waals surface area (Å²) >= 11 is 1.70. The molecule has 0 radical (unpaired) electrons. The fourth-order valence-corrected chi connectivity index (χ4v) is 4.25. The molecule has 2 amide bonds. The highest BCUT2D eigenvalue weighted by Crippen LogP contribution is 2.30. The molecule has 1 unspecified atom stereocenters. The van der Waals surface area contributed by atoms with Crippen molar-refractivity contribution in [1.29, 1.82) is 0 Å². The van der Waals surface area contributed by atoms with Crippen LogP contribution in [0.4, 0.5) is 5.69 Å². The molecule has 3 rings (SSSR count). The van der Waals surface area contributed by atoms with Gasteiger partial charge in [0.1, 0.15) is 6.04 Å². The van der Waals surface area contributed by atoms with Gasteiger partial charge >= 0.3 is 0 Å². The summed E-state index contributed by atoms with van der Waals surface area (Å²) in [5.41, 5.74) is 1.82. The minimum absolute atomic E-state index is 0.0546. The summed E-state index contributed by atoms with van der Waals surface area (Å²) in [4.78, 5) is 29.2. The molecule has 2 aromatic rings. The minimum atomic E-state index is -0.363. The zero-order valence-electron chi connectivity index (χ0n) is 16.1. The van der Waals surface area contributed by atoms with Crippen molar-refractivity contribution in [3.8, 4) is 0 Å². The van der Waals surface area contributed by atoms with Gasteiger partial charge in [0.05, 0.1) is 0 Å². The maximum atomic E-state index is 12.8. The van der Waals surface area contributed by atoms with E-state index < -0.39 is 0 Å². The van der Waals surface area contributed by atoms with E-state index in [1.807, 2.05) is 51.1 Å². The molecule has 27 heavy (non-hydrogen) atoms. The first-order valence-electron chi connectivity index (χ1n) is 9.40. The molecule has 1 fully saturated rings. The van der Waals surface area contributed by atoms with Crippen LogP contribution in [0.1, 0.15) is 32.3 Å². The predicted molar refractivity (Wildman–Crippen MR) is 110 cm³/mol. The molecular weight excluding hydrogens is 356 g/mol. The van der Waals surface area contributed by atoms with Crippen LogP contribution in [-0.4, -0.2) is 29.3 Å². The third kappa shape index (κ3) is 4.72. The number of aryl methyl sites for hydroxylation is 1. The molecule has 4 nitrogen and oxygen atoms in total. The Bertz CT molecular complexity index is 820. The molecule has 142 valence electrons. The highest BCUT2D eigenvalue weighted by Gasteiger charge is 2.35. The van der Waals surface area contributed by atoms with Crippen LogP contribution < -0.4 is 5.32 Å². The Morgan fingerprint density at radius 1 is 1.11 bits per heavy atom. The number of carbonyl (C=O) groups excluding carboxylic acids is 2. The van der Waals surface area contributed by atoms with E-state index in [1.54, 1.807) is 16.7 Å². The van der Waals surface area contributed by atoms with Gasteiger partial charge in [-0.3, -0.25) is 9.59 Å². The lowest BCUT2D eigenvalue weighted by molar-refractivity contribution is -0.139. The van der Waals surface area contributed by atoms with Crippen molar-refractivity contribution in [2.24, 2.45) is 5.92 Å². The van der Waals surface area contributed by atoms with Crippen LogP contribution in [0.2, 0.25) is 0 Å². The van der Waals surface area contributed by atoms with Gasteiger partial charge in [-0.25, -0.2) is 0 Å². The SMILES string of the molecule is Cc1cc(Sc2ccccc2)ccc1NC(=O)C1CCCN1C(=O)C(C)C. The zero-order chi connectivity index (χ0) is 19.4. The summed E-state index contributed by atoms with van der Waals surface area (Å²) in [5.74, 6) is -0.124. The third-order valence-electron chi connectivity index (χ3n) is 4.77. The Balaban J connectivity index is 1.68. The number of hydrogen-bond acceptors (Lipinski definition) is 3. The molecule has 0 spiro atoms. The second-order valence-electron chi connectivity index (χ2n) is 7.23. The number of nitrogens with zero attached hydrogens (tertiary/aromatic N) is 1. The lowest BCUT2D eigenvalue weighted by atomic mass is 10.1. The fraction of sp³-hybridized carbons (Fsp3) is 0.364. The Morgan fingerprint density at radius 2 is 1.85 bits per heavy atom. The van der Waals surface area contributed by atoms with Gasteiger partial charge in [-0.1, -0.05) is 43.8 Å². The molecule has 1 aliphatic heterocycles. The second-order valence-corrected chi connectivity index (χ2v) is 8.37. The number of benzene rings is 2. The fourth-order valence-electron chi connectivity index (χ4n) is 3.32. The maximum Gasteiger partial charge on any atom is 0.247 e. The van der Waals surface area contributed by atoms with E-state index in [9.17, 15) is 9.59 Å². The molecule has 1 atom stereocenters. The van der Waals surface area contributed by atoms with Crippen LogP contribution in [0.3, 0.4) is 0 Å². The van der Waals surface area contributed by atoms with E-state index in [0.29, 0.717) is 6.54 Å². The minimum Gasteiger partial charge on any atom is -0.330 e. The van der Waals surface area contributed by atoms with Crippen LogP contribution in [0.25, 0.3) is 0 Å². The molecule has 0 saturated carbocycles. The van der Waals surface area contributed by atoms with E-state index in [2.05, 4.69) is 23.5 Å². The molecule has 0 aromatic heterocycles. The van der Waals surface area contributed by atoms with Crippen molar-refractivity contribution in [2.45, 2.75) is 49.4 Å². The van der Waals surface area contributed by atoms with Gasteiger partial charge in [0.25, 0.3) is 0 Å². The van der Waals surface area contributed by atoms with E-state index in [1.165, 1.54) is 4.90 Å². The van der Waals surface area contributed by atoms with Crippen LogP contribution in [-0.2, 0) is 9.59 Å². The zero-order valence-corrected chi connectivity index (χ0v) is 16.9. The molecule has 1 aliphatic rings. The largest absolute Gasteiger partial charge is 0.330 e. The number of anilines is 1. The maximum absolute atomic E-state index is 12.8. The third-order valence-corrected chi connectivity index (χ3v) is 5.76. The molecule has 1 N–H and O–H groups in total. The van der Waals surface area contributed by atoms with Crippen LogP contribution in [0.5, 0.6) is 0 Å². The van der Waals surface area contributed by atoms with Crippen molar-refractivity contribution in [1.82, 2.24) is 4.90 Å². The lowest BCUT2D eigenvalue weighted by Crippen LogP contribution is -2.44. The number of amides is 2. The highest BCUT2D eigenvalue weighted by atomic mass is 32.2. The van der Waals surface area contributed by atoms with Crippen molar-refractivity contribution in [3.63, 3.8) is 0 Å². The predicted octanol–water partition coefficient (Wildman–Crippen LogP) is 4.73. The van der Waals surface area contributed by atoms with Gasteiger partial charge in [0, 0.05) is 27.9 Å². The van der Waals surface area contributed by atoms with Gasteiger partial charge in [0.15, 0.2) is 0 Å². The number of carbonyl (C=O) groups is 2. The summed E-state index contributed by atoms with van der Waals surface area (Å²) in [6.07, 6.45) is 1.60.